The minimum Gasteiger partial charge on any atom is -0.541 e. The van der Waals surface area contributed by atoms with E-state index >= 15 is 0 Å². The van der Waals surface area contributed by atoms with Crippen LogP contribution in [-0.2, 0) is 11.2 Å². The molecule has 0 aromatic heterocycles. The molecule has 0 spiro atoms. The lowest BCUT2D eigenvalue weighted by molar-refractivity contribution is -0.129. The van der Waals surface area contributed by atoms with Crippen LogP contribution in [0, 0.1) is 17.3 Å². The summed E-state index contributed by atoms with van der Waals surface area (Å²) in [5, 5.41) is 0.253. The first-order valence-corrected chi connectivity index (χ1v) is 19.8. The van der Waals surface area contributed by atoms with E-state index < -0.39 is 16.6 Å². The molecule has 3 aliphatic rings. The molecule has 0 heterocycles. The van der Waals surface area contributed by atoms with E-state index in [0.29, 0.717) is 23.5 Å². The number of hydrogen-bond acceptors (Lipinski definition) is 3. The highest BCUT2D eigenvalue weighted by molar-refractivity contribution is 6.75. The van der Waals surface area contributed by atoms with E-state index in [1.54, 1.807) is 0 Å². The average Bonchev–Trinajstić information content (AvgIpc) is 3.02. The molecule has 0 bridgehead atoms. The predicted molar refractivity (Wildman–Crippen MR) is 152 cm³/mol. The fraction of sp³-hybridized carbons (Fsp3) is 0.767. The standard InChI is InChI=1S/C30H50O3Si2/c1-28(2,3)34(8,9)32-25-16-14-20-21-18-19-30(7)24(15-17-26(30)31)22(21)12-13-23(20)27(25)33-35(10,11)29(4,5)6/h14,16,21-22,24H,12-13,15,17-19H2,1-11H3/t21?,22?,24?,30-/m0/s1. The van der Waals surface area contributed by atoms with E-state index in [4.69, 9.17) is 8.85 Å². The molecule has 3 nitrogen and oxygen atoms in total. The summed E-state index contributed by atoms with van der Waals surface area (Å²) in [6.45, 7) is 25.5. The second-order valence-electron chi connectivity index (χ2n) is 15.0. The van der Waals surface area contributed by atoms with E-state index in [-0.39, 0.29) is 15.5 Å². The highest BCUT2D eigenvalue weighted by Crippen LogP contribution is 2.61. The first-order chi connectivity index (χ1) is 15.9. The van der Waals surface area contributed by atoms with E-state index in [9.17, 15) is 4.79 Å². The molecule has 2 fully saturated rings. The van der Waals surface area contributed by atoms with Crippen molar-refractivity contribution < 1.29 is 13.6 Å². The van der Waals surface area contributed by atoms with Crippen LogP contribution in [0.4, 0.5) is 0 Å². The molecule has 0 saturated heterocycles. The Bertz CT molecular complexity index is 998. The molecule has 0 N–H and O–H groups in total. The number of rotatable bonds is 4. The molecule has 196 valence electrons. The molecule has 35 heavy (non-hydrogen) atoms. The maximum atomic E-state index is 12.8. The third-order valence-corrected chi connectivity index (χ3v) is 19.5. The van der Waals surface area contributed by atoms with Gasteiger partial charge in [-0.1, -0.05) is 54.5 Å². The number of Topliss-reactive ketones (excluding diaryl/α,β-unsaturated/α-hetero) is 1. The lowest BCUT2D eigenvalue weighted by Crippen LogP contribution is -2.46. The Labute approximate surface area is 217 Å². The van der Waals surface area contributed by atoms with Gasteiger partial charge < -0.3 is 8.85 Å². The summed E-state index contributed by atoms with van der Waals surface area (Å²) < 4.78 is 14.1. The van der Waals surface area contributed by atoms with Crippen LogP contribution in [0.5, 0.6) is 11.5 Å². The van der Waals surface area contributed by atoms with Gasteiger partial charge in [-0.3, -0.25) is 4.79 Å². The maximum absolute atomic E-state index is 12.8. The van der Waals surface area contributed by atoms with Crippen LogP contribution in [0.3, 0.4) is 0 Å². The SMILES string of the molecule is CC(C)(C)[Si](C)(C)Oc1ccc2c(c1O[Si](C)(C)C(C)(C)C)CCC1C2CC[C@]2(C)C(=O)CCC12. The summed E-state index contributed by atoms with van der Waals surface area (Å²) in [4.78, 5) is 12.8. The highest BCUT2D eigenvalue weighted by atomic mass is 28.4. The molecule has 0 amide bonds. The van der Waals surface area contributed by atoms with Crippen molar-refractivity contribution in [2.24, 2.45) is 17.3 Å². The molecule has 5 heteroatoms. The van der Waals surface area contributed by atoms with Crippen molar-refractivity contribution >= 4 is 22.4 Å². The number of carbonyl (C=O) groups is 1. The predicted octanol–water partition coefficient (Wildman–Crippen LogP) is 8.88. The Morgan fingerprint density at radius 2 is 1.46 bits per heavy atom. The molecule has 0 aliphatic heterocycles. The topological polar surface area (TPSA) is 35.5 Å². The number of hydrogen-bond donors (Lipinski definition) is 0. The Balaban J connectivity index is 1.78. The van der Waals surface area contributed by atoms with Crippen LogP contribution in [0.15, 0.2) is 12.1 Å². The van der Waals surface area contributed by atoms with Crippen LogP contribution < -0.4 is 8.85 Å². The van der Waals surface area contributed by atoms with Gasteiger partial charge in [-0.25, -0.2) is 0 Å². The number of carbonyl (C=O) groups excluding carboxylic acids is 1. The summed E-state index contributed by atoms with van der Waals surface area (Å²) in [5.41, 5.74) is 2.81. The van der Waals surface area contributed by atoms with Gasteiger partial charge in [0.15, 0.2) is 0 Å². The molecule has 4 rings (SSSR count). The number of benzene rings is 1. The third-order valence-electron chi connectivity index (χ3n) is 10.9. The minimum absolute atomic E-state index is 0.0788. The monoisotopic (exact) mass is 514 g/mol. The molecule has 1 aromatic rings. The lowest BCUT2D eigenvalue weighted by Gasteiger charge is -2.49. The Kier molecular flexibility index (Phi) is 6.53. The van der Waals surface area contributed by atoms with Crippen LogP contribution in [-0.4, -0.2) is 22.4 Å². The largest absolute Gasteiger partial charge is 0.541 e. The summed E-state index contributed by atoms with van der Waals surface area (Å²) in [7, 11) is -4.07. The Morgan fingerprint density at radius 3 is 2.06 bits per heavy atom. The molecule has 1 aromatic carbocycles. The first kappa shape index (κ1) is 27.0. The van der Waals surface area contributed by atoms with Gasteiger partial charge in [-0.15, -0.1) is 0 Å². The summed E-state index contributed by atoms with van der Waals surface area (Å²) in [6.07, 6.45) is 6.25. The maximum Gasteiger partial charge on any atom is 0.250 e. The zero-order valence-electron chi connectivity index (χ0n) is 24.4. The van der Waals surface area contributed by atoms with Crippen molar-refractivity contribution in [3.8, 4) is 11.5 Å². The molecule has 3 unspecified atom stereocenters. The Hall–Kier alpha value is -1.08. The van der Waals surface area contributed by atoms with Crippen molar-refractivity contribution in [1.82, 2.24) is 0 Å². The molecule has 4 atom stereocenters. The highest BCUT2D eigenvalue weighted by Gasteiger charge is 2.55. The van der Waals surface area contributed by atoms with Crippen molar-refractivity contribution in [2.45, 2.75) is 129 Å². The van der Waals surface area contributed by atoms with Gasteiger partial charge in [0.1, 0.15) is 17.3 Å². The van der Waals surface area contributed by atoms with E-state index in [0.717, 1.165) is 43.6 Å². The van der Waals surface area contributed by atoms with Crippen LogP contribution in [0.1, 0.15) is 97.6 Å². The Morgan fingerprint density at radius 1 is 0.857 bits per heavy atom. The molecule has 2 saturated carbocycles. The number of fused-ring (bicyclic) bond motifs is 5. The van der Waals surface area contributed by atoms with Gasteiger partial charge in [0.25, 0.3) is 16.6 Å². The molecular weight excluding hydrogens is 464 g/mol. The fourth-order valence-electron chi connectivity index (χ4n) is 6.41. The van der Waals surface area contributed by atoms with Gasteiger partial charge in [-0.2, -0.15) is 0 Å². The van der Waals surface area contributed by atoms with Crippen molar-refractivity contribution in [1.29, 1.82) is 0 Å². The van der Waals surface area contributed by atoms with Gasteiger partial charge >= 0.3 is 0 Å². The summed E-state index contributed by atoms with van der Waals surface area (Å²) in [6, 6.07) is 4.60. The van der Waals surface area contributed by atoms with E-state index in [1.807, 2.05) is 0 Å². The van der Waals surface area contributed by atoms with Crippen molar-refractivity contribution in [2.75, 3.05) is 0 Å². The zero-order chi connectivity index (χ0) is 26.2. The third kappa shape index (κ3) is 4.47. The molecular formula is C30H50O3Si2. The van der Waals surface area contributed by atoms with E-state index in [1.165, 1.54) is 17.5 Å². The van der Waals surface area contributed by atoms with Crippen molar-refractivity contribution in [3.63, 3.8) is 0 Å². The normalized spacial score (nSPS) is 29.3. The fourth-order valence-corrected chi connectivity index (χ4v) is 8.47. The second kappa shape index (κ2) is 8.47. The average molecular weight is 515 g/mol. The van der Waals surface area contributed by atoms with Crippen LogP contribution in [0.2, 0.25) is 36.3 Å². The number of ketones is 1. The van der Waals surface area contributed by atoms with E-state index in [2.05, 4.69) is 86.8 Å². The van der Waals surface area contributed by atoms with Gasteiger partial charge in [0, 0.05) is 17.4 Å². The lowest BCUT2D eigenvalue weighted by atomic mass is 9.55. The molecule has 0 radical (unpaired) electrons. The van der Waals surface area contributed by atoms with Crippen LogP contribution >= 0.6 is 0 Å². The zero-order valence-corrected chi connectivity index (χ0v) is 26.4. The quantitative estimate of drug-likeness (QED) is 0.376. The van der Waals surface area contributed by atoms with Gasteiger partial charge in [0.2, 0.25) is 0 Å². The van der Waals surface area contributed by atoms with Gasteiger partial charge in [0.05, 0.1) is 0 Å². The smallest absolute Gasteiger partial charge is 0.250 e. The minimum atomic E-state index is -2.05. The molecule has 3 aliphatic carbocycles. The van der Waals surface area contributed by atoms with Crippen molar-refractivity contribution in [3.05, 3.63) is 23.3 Å². The summed E-state index contributed by atoms with van der Waals surface area (Å²) in [5.74, 6) is 4.26. The second-order valence-corrected chi connectivity index (χ2v) is 24.5. The summed E-state index contributed by atoms with van der Waals surface area (Å²) >= 11 is 0. The van der Waals surface area contributed by atoms with Crippen LogP contribution in [0.25, 0.3) is 0 Å². The first-order valence-electron chi connectivity index (χ1n) is 14.0. The van der Waals surface area contributed by atoms with Gasteiger partial charge in [-0.05, 0) is 97.8 Å².